The van der Waals surface area contributed by atoms with Crippen LogP contribution < -0.4 is 0 Å². The summed E-state index contributed by atoms with van der Waals surface area (Å²) in [5.41, 5.74) is 5.14. The van der Waals surface area contributed by atoms with Gasteiger partial charge in [0.25, 0.3) is 5.91 Å². The number of rotatable bonds is 2. The Balaban J connectivity index is 1.70. The Bertz CT molecular complexity index is 1160. The first-order chi connectivity index (χ1) is 13.3. The molecule has 0 bridgehead atoms. The van der Waals surface area contributed by atoms with Gasteiger partial charge in [0.1, 0.15) is 0 Å². The fourth-order valence-corrected chi connectivity index (χ4v) is 3.86. The van der Waals surface area contributed by atoms with Crippen molar-refractivity contribution in [2.24, 2.45) is 0 Å². The Morgan fingerprint density at radius 2 is 1.56 bits per heavy atom. The smallest absolute Gasteiger partial charge is 0.258 e. The minimum atomic E-state index is -0.171. The Labute approximate surface area is 157 Å². The molecule has 3 nitrogen and oxygen atoms in total. The third-order valence-corrected chi connectivity index (χ3v) is 5.15. The summed E-state index contributed by atoms with van der Waals surface area (Å²) in [6.45, 7) is 0. The number of para-hydroxylation sites is 1. The maximum Gasteiger partial charge on any atom is 0.258 e. The van der Waals surface area contributed by atoms with Crippen molar-refractivity contribution in [2.45, 2.75) is 6.04 Å². The number of carbonyl (C=O) groups excluding carboxylic acids is 1. The number of hydrogen-bond acceptors (Lipinski definition) is 1. The molecule has 3 heteroatoms. The van der Waals surface area contributed by atoms with Crippen molar-refractivity contribution in [2.75, 3.05) is 0 Å². The lowest BCUT2D eigenvalue weighted by Crippen LogP contribution is -2.33. The molecular weight excluding hydrogens is 332 g/mol. The quantitative estimate of drug-likeness (QED) is 0.517. The van der Waals surface area contributed by atoms with E-state index in [2.05, 4.69) is 29.2 Å². The van der Waals surface area contributed by atoms with Gasteiger partial charge >= 0.3 is 0 Å². The lowest BCUT2D eigenvalue weighted by molar-refractivity contribution is 0.0788. The summed E-state index contributed by atoms with van der Waals surface area (Å²) in [5.74, 6) is -0.00312. The molecule has 5 rings (SSSR count). The molecule has 1 amide bonds. The van der Waals surface area contributed by atoms with E-state index in [4.69, 9.17) is 0 Å². The standard InChI is InChI=1S/C24H18N2O/c27-24(18-9-2-1-3-10-18)26-15-14-17-8-4-5-11-19(17)23(26)21-16-25-22-13-7-6-12-20(21)22/h1-16,23,25H/t23-/m0/s1. The van der Waals surface area contributed by atoms with Gasteiger partial charge in [-0.05, 0) is 35.4 Å². The van der Waals surface area contributed by atoms with Gasteiger partial charge in [-0.3, -0.25) is 4.79 Å². The Kier molecular flexibility index (Phi) is 3.65. The zero-order valence-electron chi connectivity index (χ0n) is 14.7. The lowest BCUT2D eigenvalue weighted by atomic mass is 9.90. The van der Waals surface area contributed by atoms with Crippen LogP contribution in [0.5, 0.6) is 0 Å². The molecule has 27 heavy (non-hydrogen) atoms. The van der Waals surface area contributed by atoms with Crippen molar-refractivity contribution in [1.29, 1.82) is 0 Å². The molecule has 1 N–H and O–H groups in total. The molecule has 0 saturated heterocycles. The van der Waals surface area contributed by atoms with Gasteiger partial charge in [0.15, 0.2) is 0 Å². The van der Waals surface area contributed by atoms with E-state index in [0.717, 1.165) is 27.6 Å². The number of amides is 1. The number of carbonyl (C=O) groups is 1. The predicted octanol–water partition coefficient (Wildman–Crippen LogP) is 5.38. The number of nitrogens with one attached hydrogen (secondary N) is 1. The highest BCUT2D eigenvalue weighted by molar-refractivity contribution is 5.97. The fourth-order valence-electron chi connectivity index (χ4n) is 3.86. The minimum absolute atomic E-state index is 0.00312. The average molecular weight is 350 g/mol. The van der Waals surface area contributed by atoms with Gasteiger partial charge in [-0.15, -0.1) is 0 Å². The highest BCUT2D eigenvalue weighted by Crippen LogP contribution is 2.39. The second-order valence-corrected chi connectivity index (χ2v) is 6.72. The normalized spacial score (nSPS) is 15.7. The predicted molar refractivity (Wildman–Crippen MR) is 108 cm³/mol. The van der Waals surface area contributed by atoms with Gasteiger partial charge in [0.2, 0.25) is 0 Å². The number of nitrogens with zero attached hydrogens (tertiary/aromatic N) is 1. The molecule has 1 atom stereocenters. The van der Waals surface area contributed by atoms with E-state index in [0.29, 0.717) is 5.56 Å². The van der Waals surface area contributed by atoms with Crippen molar-refractivity contribution < 1.29 is 4.79 Å². The topological polar surface area (TPSA) is 36.1 Å². The zero-order valence-corrected chi connectivity index (χ0v) is 14.7. The first kappa shape index (κ1) is 15.6. The van der Waals surface area contributed by atoms with Crippen molar-refractivity contribution in [3.8, 4) is 0 Å². The van der Waals surface area contributed by atoms with Gasteiger partial charge in [0.05, 0.1) is 6.04 Å². The number of aromatic amines is 1. The zero-order chi connectivity index (χ0) is 18.2. The summed E-state index contributed by atoms with van der Waals surface area (Å²) in [6, 6.07) is 25.8. The Morgan fingerprint density at radius 1 is 0.815 bits per heavy atom. The van der Waals surface area contributed by atoms with Crippen LogP contribution in [0.15, 0.2) is 91.3 Å². The van der Waals surface area contributed by atoms with Crippen LogP contribution in [0.25, 0.3) is 17.0 Å². The summed E-state index contributed by atoms with van der Waals surface area (Å²) >= 11 is 0. The molecule has 2 heterocycles. The van der Waals surface area contributed by atoms with Crippen molar-refractivity contribution in [3.63, 3.8) is 0 Å². The van der Waals surface area contributed by atoms with Gasteiger partial charge in [-0.2, -0.15) is 0 Å². The minimum Gasteiger partial charge on any atom is -0.361 e. The molecule has 1 aromatic heterocycles. The van der Waals surface area contributed by atoms with E-state index in [1.807, 2.05) is 78.0 Å². The molecule has 0 saturated carbocycles. The monoisotopic (exact) mass is 350 g/mol. The molecular formula is C24H18N2O. The molecule has 3 aromatic carbocycles. The van der Waals surface area contributed by atoms with E-state index in [9.17, 15) is 4.79 Å². The van der Waals surface area contributed by atoms with Crippen LogP contribution in [0, 0.1) is 0 Å². The third-order valence-electron chi connectivity index (χ3n) is 5.15. The van der Waals surface area contributed by atoms with Crippen LogP contribution in [0.2, 0.25) is 0 Å². The van der Waals surface area contributed by atoms with E-state index in [-0.39, 0.29) is 11.9 Å². The lowest BCUT2D eigenvalue weighted by Gasteiger charge is -2.33. The highest BCUT2D eigenvalue weighted by atomic mass is 16.2. The number of aromatic nitrogens is 1. The Hall–Kier alpha value is -3.59. The second-order valence-electron chi connectivity index (χ2n) is 6.72. The summed E-state index contributed by atoms with van der Waals surface area (Å²) in [6.07, 6.45) is 5.95. The molecule has 0 radical (unpaired) electrons. The Morgan fingerprint density at radius 3 is 2.44 bits per heavy atom. The van der Waals surface area contributed by atoms with Gasteiger partial charge in [-0.25, -0.2) is 0 Å². The molecule has 0 spiro atoms. The molecule has 0 aliphatic carbocycles. The first-order valence-corrected chi connectivity index (χ1v) is 9.04. The number of hydrogen-bond donors (Lipinski definition) is 1. The maximum absolute atomic E-state index is 13.3. The molecule has 1 aliphatic rings. The summed E-state index contributed by atoms with van der Waals surface area (Å²) in [4.78, 5) is 18.5. The number of H-pyrrole nitrogens is 1. The molecule has 4 aromatic rings. The third kappa shape index (κ3) is 2.56. The summed E-state index contributed by atoms with van der Waals surface area (Å²) in [5, 5.41) is 1.14. The van der Waals surface area contributed by atoms with Crippen LogP contribution in [0.4, 0.5) is 0 Å². The molecule has 0 unspecified atom stereocenters. The van der Waals surface area contributed by atoms with Gasteiger partial charge in [-0.1, -0.05) is 60.7 Å². The maximum atomic E-state index is 13.3. The van der Waals surface area contributed by atoms with Gasteiger partial charge < -0.3 is 9.88 Å². The van der Waals surface area contributed by atoms with Crippen molar-refractivity contribution in [1.82, 2.24) is 9.88 Å². The van der Waals surface area contributed by atoms with Crippen LogP contribution in [-0.2, 0) is 0 Å². The number of benzene rings is 3. The van der Waals surface area contributed by atoms with Crippen molar-refractivity contribution >= 4 is 22.9 Å². The van der Waals surface area contributed by atoms with E-state index in [1.54, 1.807) is 0 Å². The number of fused-ring (bicyclic) bond motifs is 2. The van der Waals surface area contributed by atoms with Crippen LogP contribution >= 0.6 is 0 Å². The van der Waals surface area contributed by atoms with Crippen molar-refractivity contribution in [3.05, 3.63) is 114 Å². The first-order valence-electron chi connectivity index (χ1n) is 9.04. The molecule has 130 valence electrons. The average Bonchev–Trinajstić information content (AvgIpc) is 3.17. The fraction of sp³-hybridized carbons (Fsp3) is 0.0417. The van der Waals surface area contributed by atoms with Crippen LogP contribution in [0.1, 0.15) is 33.1 Å². The van der Waals surface area contributed by atoms with E-state index in [1.165, 1.54) is 0 Å². The van der Waals surface area contributed by atoms with E-state index >= 15 is 0 Å². The summed E-state index contributed by atoms with van der Waals surface area (Å²) < 4.78 is 0. The largest absolute Gasteiger partial charge is 0.361 e. The highest BCUT2D eigenvalue weighted by Gasteiger charge is 2.31. The van der Waals surface area contributed by atoms with Gasteiger partial charge in [0, 0.05) is 34.4 Å². The van der Waals surface area contributed by atoms with Crippen LogP contribution in [0.3, 0.4) is 0 Å². The van der Waals surface area contributed by atoms with Crippen LogP contribution in [-0.4, -0.2) is 15.8 Å². The second kappa shape index (κ2) is 6.29. The molecule has 0 fully saturated rings. The SMILES string of the molecule is O=C(c1ccccc1)N1C=Cc2ccccc2[C@H]1c1c[nH]c2ccccc12. The summed E-state index contributed by atoms with van der Waals surface area (Å²) in [7, 11) is 0. The van der Waals surface area contributed by atoms with E-state index < -0.39 is 0 Å². The molecule has 1 aliphatic heterocycles.